The molecule has 1 aliphatic heterocycles. The Morgan fingerprint density at radius 3 is 2.11 bits per heavy atom. The van der Waals surface area contributed by atoms with Crippen molar-refractivity contribution in [1.82, 2.24) is 0 Å². The highest BCUT2D eigenvalue weighted by Gasteiger charge is 2.42. The van der Waals surface area contributed by atoms with Crippen LogP contribution in [0.4, 0.5) is 5.69 Å². The van der Waals surface area contributed by atoms with Crippen molar-refractivity contribution < 1.29 is 14.3 Å². The summed E-state index contributed by atoms with van der Waals surface area (Å²) in [6, 6.07) is 31.3. The summed E-state index contributed by atoms with van der Waals surface area (Å²) in [6.45, 7) is 0. The number of Topliss-reactive ketones (excluding diaryl/α,β-unsaturated/α-hetero) is 1. The van der Waals surface area contributed by atoms with E-state index in [1.165, 1.54) is 0 Å². The molecule has 5 heteroatoms. The summed E-state index contributed by atoms with van der Waals surface area (Å²) in [5.41, 5.74) is 3.54. The van der Waals surface area contributed by atoms with Crippen LogP contribution in [0.25, 0.3) is 0 Å². The number of nitrogens with zero attached hydrogens (tertiary/aromatic N) is 1. The highest BCUT2D eigenvalue weighted by atomic mass is 32.1. The van der Waals surface area contributed by atoms with E-state index in [0.717, 1.165) is 33.1 Å². The number of hydrogen-bond donors (Lipinski definition) is 0. The van der Waals surface area contributed by atoms with Crippen LogP contribution in [0.2, 0.25) is 0 Å². The topological polar surface area (TPSA) is 46.6 Å². The zero-order chi connectivity index (χ0) is 24.5. The second-order valence-electron chi connectivity index (χ2n) is 9.21. The van der Waals surface area contributed by atoms with Crippen molar-refractivity contribution in [2.24, 2.45) is 0 Å². The van der Waals surface area contributed by atoms with Gasteiger partial charge in [0.1, 0.15) is 11.5 Å². The Kier molecular flexibility index (Phi) is 5.99. The van der Waals surface area contributed by atoms with Gasteiger partial charge >= 0.3 is 0 Å². The first-order valence-electron chi connectivity index (χ1n) is 12.2. The number of rotatable bonds is 5. The summed E-state index contributed by atoms with van der Waals surface area (Å²) in [7, 11) is 0. The molecule has 2 atom stereocenters. The fourth-order valence-electron chi connectivity index (χ4n) is 5.32. The predicted molar refractivity (Wildman–Crippen MR) is 143 cm³/mol. The summed E-state index contributed by atoms with van der Waals surface area (Å²) in [5.74, 6) is 1.49. The van der Waals surface area contributed by atoms with Gasteiger partial charge in [0.15, 0.2) is 5.78 Å². The smallest absolute Gasteiger partial charge is 0.232 e. The lowest BCUT2D eigenvalue weighted by Crippen LogP contribution is -2.41. The van der Waals surface area contributed by atoms with Crippen LogP contribution in [0, 0.1) is 0 Å². The van der Waals surface area contributed by atoms with E-state index in [0.29, 0.717) is 25.0 Å². The van der Waals surface area contributed by atoms with E-state index in [1.807, 2.05) is 90.3 Å². The summed E-state index contributed by atoms with van der Waals surface area (Å²) >= 11 is 1.61. The largest absolute Gasteiger partial charge is 0.457 e. The number of amides is 1. The Balaban J connectivity index is 1.39. The van der Waals surface area contributed by atoms with Gasteiger partial charge in [-0.1, -0.05) is 54.6 Å². The number of anilines is 1. The highest BCUT2D eigenvalue weighted by molar-refractivity contribution is 7.10. The molecule has 1 aromatic heterocycles. The maximum absolute atomic E-state index is 13.6. The van der Waals surface area contributed by atoms with E-state index < -0.39 is 0 Å². The Bertz CT molecular complexity index is 1410. The van der Waals surface area contributed by atoms with Gasteiger partial charge in [-0.15, -0.1) is 11.3 Å². The second kappa shape index (κ2) is 9.59. The first-order valence-corrected chi connectivity index (χ1v) is 13.1. The Morgan fingerprint density at radius 2 is 1.42 bits per heavy atom. The lowest BCUT2D eigenvalue weighted by molar-refractivity contribution is -0.120. The highest BCUT2D eigenvalue weighted by Crippen LogP contribution is 2.47. The molecular weight excluding hydrogens is 466 g/mol. The third-order valence-electron chi connectivity index (χ3n) is 6.96. The summed E-state index contributed by atoms with van der Waals surface area (Å²) < 4.78 is 5.94. The van der Waals surface area contributed by atoms with Crippen LogP contribution in [0.3, 0.4) is 0 Å². The number of allylic oxidation sites excluding steroid dienone is 2. The lowest BCUT2D eigenvalue weighted by atomic mass is 9.74. The predicted octanol–water partition coefficient (Wildman–Crippen LogP) is 7.46. The van der Waals surface area contributed by atoms with Crippen LogP contribution in [0.15, 0.2) is 114 Å². The van der Waals surface area contributed by atoms with Crippen molar-refractivity contribution in [2.75, 3.05) is 4.90 Å². The molecular formula is C31H25NO3S. The molecule has 6 rings (SSSR count). The van der Waals surface area contributed by atoms with Crippen LogP contribution in [0.5, 0.6) is 11.5 Å². The number of benzene rings is 3. The van der Waals surface area contributed by atoms with Crippen molar-refractivity contribution >= 4 is 28.7 Å². The minimum absolute atomic E-state index is 0.0189. The normalized spacial score (nSPS) is 19.8. The fourth-order valence-corrected chi connectivity index (χ4v) is 6.15. The molecule has 0 saturated carbocycles. The van der Waals surface area contributed by atoms with Gasteiger partial charge in [0.05, 0.1) is 0 Å². The first kappa shape index (κ1) is 22.5. The zero-order valence-corrected chi connectivity index (χ0v) is 20.5. The monoisotopic (exact) mass is 491 g/mol. The Morgan fingerprint density at radius 1 is 0.722 bits per heavy atom. The molecule has 1 amide bonds. The number of carbonyl (C=O) groups excluding carboxylic acids is 2. The third-order valence-corrected chi connectivity index (χ3v) is 7.95. The molecule has 2 aliphatic rings. The van der Waals surface area contributed by atoms with Crippen molar-refractivity contribution in [1.29, 1.82) is 0 Å². The Hall–Kier alpha value is -3.96. The molecule has 2 heterocycles. The van der Waals surface area contributed by atoms with Crippen LogP contribution < -0.4 is 9.64 Å². The molecule has 1 aliphatic carbocycles. The van der Waals surface area contributed by atoms with Crippen molar-refractivity contribution in [3.05, 3.63) is 124 Å². The molecule has 0 saturated heterocycles. The van der Waals surface area contributed by atoms with Crippen LogP contribution >= 0.6 is 11.3 Å². The van der Waals surface area contributed by atoms with Gasteiger partial charge in [-0.3, -0.25) is 14.5 Å². The molecule has 4 nitrogen and oxygen atoms in total. The number of hydrogen-bond acceptors (Lipinski definition) is 4. The van der Waals surface area contributed by atoms with Gasteiger partial charge in [0.2, 0.25) is 5.91 Å². The van der Waals surface area contributed by atoms with Crippen molar-refractivity contribution in [3.8, 4) is 11.5 Å². The average Bonchev–Trinajstić information content (AvgIpc) is 3.45. The number of ketones is 1. The molecule has 0 radical (unpaired) electrons. The average molecular weight is 492 g/mol. The molecule has 0 spiro atoms. The summed E-state index contributed by atoms with van der Waals surface area (Å²) in [4.78, 5) is 30.1. The van der Waals surface area contributed by atoms with E-state index in [2.05, 4.69) is 12.1 Å². The lowest BCUT2D eigenvalue weighted by Gasteiger charge is -2.40. The van der Waals surface area contributed by atoms with E-state index in [1.54, 1.807) is 16.2 Å². The number of carbonyl (C=O) groups is 2. The molecule has 0 fully saturated rings. The zero-order valence-electron chi connectivity index (χ0n) is 19.7. The molecule has 178 valence electrons. The van der Waals surface area contributed by atoms with Gasteiger partial charge < -0.3 is 4.74 Å². The van der Waals surface area contributed by atoms with Gasteiger partial charge in [-0.25, -0.2) is 0 Å². The SMILES string of the molecule is O=C1CC(c2ccccc2)CC2=C1C(c1cccs1)CC(=O)N2c1ccc(Oc2ccccc2)cc1. The molecule has 3 aromatic carbocycles. The number of thiophene rings is 1. The van der Waals surface area contributed by atoms with E-state index in [4.69, 9.17) is 4.74 Å². The Labute approximate surface area is 214 Å². The quantitative estimate of drug-likeness (QED) is 0.291. The van der Waals surface area contributed by atoms with E-state index in [-0.39, 0.29) is 23.5 Å². The van der Waals surface area contributed by atoms with E-state index in [9.17, 15) is 9.59 Å². The maximum Gasteiger partial charge on any atom is 0.232 e. The van der Waals surface area contributed by atoms with E-state index >= 15 is 0 Å². The minimum Gasteiger partial charge on any atom is -0.457 e. The van der Waals surface area contributed by atoms with Gasteiger partial charge in [0, 0.05) is 40.6 Å². The molecule has 0 N–H and O–H groups in total. The van der Waals surface area contributed by atoms with Crippen LogP contribution in [-0.2, 0) is 9.59 Å². The number of ether oxygens (including phenoxy) is 1. The fraction of sp³-hybridized carbons (Fsp3) is 0.161. The third kappa shape index (κ3) is 4.27. The molecule has 2 unspecified atom stereocenters. The summed E-state index contributed by atoms with van der Waals surface area (Å²) in [6.07, 6.45) is 1.42. The van der Waals surface area contributed by atoms with Crippen molar-refractivity contribution in [2.45, 2.75) is 31.1 Å². The second-order valence-corrected chi connectivity index (χ2v) is 10.2. The van der Waals surface area contributed by atoms with Crippen LogP contribution in [0.1, 0.15) is 41.5 Å². The van der Waals surface area contributed by atoms with Crippen molar-refractivity contribution in [3.63, 3.8) is 0 Å². The maximum atomic E-state index is 13.6. The van der Waals surface area contributed by atoms with Gasteiger partial charge in [-0.2, -0.15) is 0 Å². The van der Waals surface area contributed by atoms with Gasteiger partial charge in [-0.05, 0) is 65.7 Å². The summed E-state index contributed by atoms with van der Waals surface area (Å²) in [5, 5.41) is 2.01. The minimum atomic E-state index is -0.173. The molecule has 4 aromatic rings. The first-order chi connectivity index (χ1) is 17.7. The van der Waals surface area contributed by atoms with Crippen LogP contribution in [-0.4, -0.2) is 11.7 Å². The molecule has 36 heavy (non-hydrogen) atoms. The molecule has 0 bridgehead atoms. The van der Waals surface area contributed by atoms with Gasteiger partial charge in [0.25, 0.3) is 0 Å². The number of para-hydroxylation sites is 1. The standard InChI is InChI=1S/C31H25NO3S/c33-28-19-22(21-8-3-1-4-9-21)18-27-31(28)26(29-12-7-17-36-29)20-30(34)32(27)23-13-15-25(16-14-23)35-24-10-5-2-6-11-24/h1-17,22,26H,18-20H2.